The Bertz CT molecular complexity index is 505. The molecule has 1 heterocycles. The van der Waals surface area contributed by atoms with E-state index in [1.54, 1.807) is 20.8 Å². The molecule has 0 saturated carbocycles. The monoisotopic (exact) mass is 327 g/mol. The lowest BCUT2D eigenvalue weighted by atomic mass is 10.0. The van der Waals surface area contributed by atoms with Gasteiger partial charge >= 0.3 is 11.9 Å². The van der Waals surface area contributed by atoms with Crippen molar-refractivity contribution in [1.29, 1.82) is 0 Å². The number of ether oxygens (including phenoxy) is 2. The summed E-state index contributed by atoms with van der Waals surface area (Å²) in [7, 11) is 1.20. The Hall–Kier alpha value is -1.92. The molecule has 130 valence electrons. The van der Waals surface area contributed by atoms with Crippen molar-refractivity contribution in [1.82, 2.24) is 4.90 Å². The molecule has 1 aliphatic heterocycles. The Morgan fingerprint density at radius 2 is 1.83 bits per heavy atom. The van der Waals surface area contributed by atoms with E-state index >= 15 is 0 Å². The molecule has 1 saturated heterocycles. The Kier molecular flexibility index (Phi) is 5.91. The molecule has 7 heteroatoms. The third kappa shape index (κ3) is 4.77. The molecule has 2 atom stereocenters. The largest absolute Gasteiger partial charge is 0.467 e. The van der Waals surface area contributed by atoms with Gasteiger partial charge in [0.2, 0.25) is 11.8 Å². The van der Waals surface area contributed by atoms with Crippen LogP contribution in [0.25, 0.3) is 0 Å². The molecule has 0 aromatic rings. The van der Waals surface area contributed by atoms with Crippen LogP contribution >= 0.6 is 0 Å². The zero-order valence-electron chi connectivity index (χ0n) is 14.5. The van der Waals surface area contributed by atoms with E-state index in [2.05, 4.69) is 0 Å². The van der Waals surface area contributed by atoms with Crippen molar-refractivity contribution in [2.45, 2.75) is 59.1 Å². The maximum Gasteiger partial charge on any atom is 0.329 e. The van der Waals surface area contributed by atoms with Crippen LogP contribution in [0.15, 0.2) is 0 Å². The molecule has 0 aliphatic carbocycles. The van der Waals surface area contributed by atoms with Gasteiger partial charge in [0.05, 0.1) is 7.11 Å². The van der Waals surface area contributed by atoms with Gasteiger partial charge in [0, 0.05) is 6.42 Å². The third-order valence-electron chi connectivity index (χ3n) is 3.35. The number of nitrogens with zero attached hydrogens (tertiary/aromatic N) is 1. The fraction of sp³-hybridized carbons (Fsp3) is 0.750. The van der Waals surface area contributed by atoms with Crippen LogP contribution in [-0.2, 0) is 28.7 Å². The van der Waals surface area contributed by atoms with Gasteiger partial charge in [-0.25, -0.2) is 4.79 Å². The SMILES string of the molecule is COC(=O)[C@H](CC(C)C)N1C(=O)C[C@@H](C(=O)OC(C)(C)C)C1=O. The van der Waals surface area contributed by atoms with E-state index in [1.807, 2.05) is 13.8 Å². The van der Waals surface area contributed by atoms with E-state index in [9.17, 15) is 19.2 Å². The lowest BCUT2D eigenvalue weighted by Crippen LogP contribution is -2.47. The molecule has 7 nitrogen and oxygen atoms in total. The lowest BCUT2D eigenvalue weighted by molar-refractivity contribution is -0.164. The van der Waals surface area contributed by atoms with Gasteiger partial charge in [-0.1, -0.05) is 13.8 Å². The molecule has 0 spiro atoms. The fourth-order valence-corrected chi connectivity index (χ4v) is 2.43. The molecule has 0 aromatic heterocycles. The van der Waals surface area contributed by atoms with E-state index in [0.717, 1.165) is 4.90 Å². The zero-order chi connectivity index (χ0) is 17.9. The van der Waals surface area contributed by atoms with Crippen LogP contribution in [0.5, 0.6) is 0 Å². The van der Waals surface area contributed by atoms with Crippen LogP contribution in [0, 0.1) is 11.8 Å². The highest BCUT2D eigenvalue weighted by Gasteiger charge is 2.49. The van der Waals surface area contributed by atoms with Gasteiger partial charge < -0.3 is 9.47 Å². The molecule has 0 bridgehead atoms. The molecule has 0 radical (unpaired) electrons. The van der Waals surface area contributed by atoms with Gasteiger partial charge in [-0.2, -0.15) is 0 Å². The maximum absolute atomic E-state index is 12.5. The van der Waals surface area contributed by atoms with Gasteiger partial charge in [0.1, 0.15) is 17.6 Å². The van der Waals surface area contributed by atoms with E-state index < -0.39 is 41.3 Å². The van der Waals surface area contributed by atoms with Crippen LogP contribution in [-0.4, -0.2) is 47.4 Å². The van der Waals surface area contributed by atoms with Gasteiger partial charge in [-0.3, -0.25) is 19.3 Å². The summed E-state index contributed by atoms with van der Waals surface area (Å²) in [6.45, 7) is 8.78. The van der Waals surface area contributed by atoms with Gasteiger partial charge in [0.25, 0.3) is 0 Å². The number of hydrogen-bond acceptors (Lipinski definition) is 6. The molecule has 1 aliphatic rings. The standard InChI is InChI=1S/C16H25NO6/c1-9(2)7-11(15(21)22-6)17-12(18)8-10(13(17)19)14(20)23-16(3,4)5/h9-11H,7-8H2,1-6H3/t10-,11+/m1/s1. The molecular formula is C16H25NO6. The molecule has 0 aromatic carbocycles. The van der Waals surface area contributed by atoms with E-state index in [1.165, 1.54) is 7.11 Å². The predicted molar refractivity (Wildman–Crippen MR) is 81.1 cm³/mol. The highest BCUT2D eigenvalue weighted by molar-refractivity contribution is 6.14. The van der Waals surface area contributed by atoms with Crippen molar-refractivity contribution in [2.75, 3.05) is 7.11 Å². The number of likely N-dealkylation sites (tertiary alicyclic amines) is 1. The van der Waals surface area contributed by atoms with Crippen LogP contribution in [0.3, 0.4) is 0 Å². The minimum absolute atomic E-state index is 0.0697. The smallest absolute Gasteiger partial charge is 0.329 e. The molecule has 0 unspecified atom stereocenters. The number of hydrogen-bond donors (Lipinski definition) is 0. The molecule has 1 fully saturated rings. The number of carbonyl (C=O) groups excluding carboxylic acids is 4. The highest BCUT2D eigenvalue weighted by Crippen LogP contribution is 2.27. The van der Waals surface area contributed by atoms with Crippen LogP contribution < -0.4 is 0 Å². The first-order valence-electron chi connectivity index (χ1n) is 7.64. The summed E-state index contributed by atoms with van der Waals surface area (Å²) in [5.41, 5.74) is -0.756. The van der Waals surface area contributed by atoms with Gasteiger partial charge in [-0.15, -0.1) is 0 Å². The Morgan fingerprint density at radius 3 is 2.26 bits per heavy atom. The average molecular weight is 327 g/mol. The first-order valence-corrected chi connectivity index (χ1v) is 7.64. The first kappa shape index (κ1) is 19.1. The Balaban J connectivity index is 3.00. The number of rotatable bonds is 5. The zero-order valence-corrected chi connectivity index (χ0v) is 14.5. The topological polar surface area (TPSA) is 90.0 Å². The maximum atomic E-state index is 12.5. The van der Waals surface area contributed by atoms with Gasteiger partial charge in [-0.05, 0) is 33.1 Å². The normalized spacial score (nSPS) is 20.0. The Morgan fingerprint density at radius 1 is 1.26 bits per heavy atom. The second kappa shape index (κ2) is 7.10. The second-order valence-electron chi connectivity index (χ2n) is 7.06. The Labute approximate surface area is 136 Å². The summed E-state index contributed by atoms with van der Waals surface area (Å²) < 4.78 is 9.88. The summed E-state index contributed by atoms with van der Waals surface area (Å²) in [6.07, 6.45) is 0.00449. The van der Waals surface area contributed by atoms with Crippen molar-refractivity contribution in [3.8, 4) is 0 Å². The van der Waals surface area contributed by atoms with E-state index in [0.29, 0.717) is 0 Å². The van der Waals surface area contributed by atoms with Crippen molar-refractivity contribution in [2.24, 2.45) is 11.8 Å². The summed E-state index contributed by atoms with van der Waals surface area (Å²) in [5, 5.41) is 0. The first-order chi connectivity index (χ1) is 10.5. The summed E-state index contributed by atoms with van der Waals surface area (Å²) in [5.74, 6) is -3.78. The van der Waals surface area contributed by atoms with Crippen molar-refractivity contribution in [3.05, 3.63) is 0 Å². The number of esters is 2. The van der Waals surface area contributed by atoms with E-state index in [-0.39, 0.29) is 18.8 Å². The van der Waals surface area contributed by atoms with Crippen molar-refractivity contribution in [3.63, 3.8) is 0 Å². The van der Waals surface area contributed by atoms with Crippen molar-refractivity contribution < 1.29 is 28.7 Å². The van der Waals surface area contributed by atoms with E-state index in [4.69, 9.17) is 9.47 Å². The van der Waals surface area contributed by atoms with Crippen LogP contribution in [0.4, 0.5) is 0 Å². The number of imide groups is 1. The minimum atomic E-state index is -1.19. The number of carbonyl (C=O) groups is 4. The predicted octanol–water partition coefficient (Wildman–Crippen LogP) is 1.29. The fourth-order valence-electron chi connectivity index (χ4n) is 2.43. The second-order valence-corrected chi connectivity index (χ2v) is 7.06. The molecule has 23 heavy (non-hydrogen) atoms. The minimum Gasteiger partial charge on any atom is -0.467 e. The van der Waals surface area contributed by atoms with Crippen LogP contribution in [0.2, 0.25) is 0 Å². The van der Waals surface area contributed by atoms with Crippen molar-refractivity contribution >= 4 is 23.8 Å². The third-order valence-corrected chi connectivity index (χ3v) is 3.35. The van der Waals surface area contributed by atoms with Gasteiger partial charge in [0.15, 0.2) is 0 Å². The average Bonchev–Trinajstić information content (AvgIpc) is 2.68. The van der Waals surface area contributed by atoms with Crippen LogP contribution in [0.1, 0.15) is 47.5 Å². The molecular weight excluding hydrogens is 302 g/mol. The quantitative estimate of drug-likeness (QED) is 0.429. The molecule has 0 N–H and O–H groups in total. The highest BCUT2D eigenvalue weighted by atomic mass is 16.6. The molecule has 2 amide bonds. The number of methoxy groups -OCH3 is 1. The summed E-state index contributed by atoms with van der Waals surface area (Å²) in [6, 6.07) is -1.01. The number of amides is 2. The summed E-state index contributed by atoms with van der Waals surface area (Å²) in [4.78, 5) is 49.6. The lowest BCUT2D eigenvalue weighted by Gasteiger charge is -2.26. The summed E-state index contributed by atoms with van der Waals surface area (Å²) >= 11 is 0. The molecule has 1 rings (SSSR count).